The SMILES string of the molecule is NC(=O)COc1ccc(/C=N\NC(=O)c2cccc(Br)c2)cc1. The summed E-state index contributed by atoms with van der Waals surface area (Å²) in [6.45, 7) is -0.171. The first kappa shape index (κ1) is 16.7. The van der Waals surface area contributed by atoms with E-state index in [1.54, 1.807) is 42.5 Å². The molecule has 118 valence electrons. The minimum atomic E-state index is -0.536. The summed E-state index contributed by atoms with van der Waals surface area (Å²) in [6, 6.07) is 13.8. The van der Waals surface area contributed by atoms with Crippen LogP contribution in [0.25, 0.3) is 0 Å². The highest BCUT2D eigenvalue weighted by atomic mass is 79.9. The molecule has 0 saturated carbocycles. The molecule has 0 fully saturated rings. The molecule has 0 aliphatic heterocycles. The number of carbonyl (C=O) groups excluding carboxylic acids is 2. The van der Waals surface area contributed by atoms with E-state index in [4.69, 9.17) is 10.5 Å². The first-order valence-electron chi connectivity index (χ1n) is 6.65. The van der Waals surface area contributed by atoms with Crippen LogP contribution in [0, 0.1) is 0 Å². The molecular weight excluding hydrogens is 362 g/mol. The molecule has 7 heteroatoms. The monoisotopic (exact) mass is 375 g/mol. The van der Waals surface area contributed by atoms with Gasteiger partial charge in [0.15, 0.2) is 6.61 Å². The molecule has 0 spiro atoms. The van der Waals surface area contributed by atoms with Gasteiger partial charge < -0.3 is 10.5 Å². The highest BCUT2D eigenvalue weighted by Gasteiger charge is 2.03. The van der Waals surface area contributed by atoms with Gasteiger partial charge >= 0.3 is 0 Å². The molecule has 0 aromatic heterocycles. The molecule has 0 unspecified atom stereocenters. The number of hydrogen-bond donors (Lipinski definition) is 2. The van der Waals surface area contributed by atoms with Gasteiger partial charge in [-0.2, -0.15) is 5.10 Å². The Morgan fingerprint density at radius 1 is 1.22 bits per heavy atom. The van der Waals surface area contributed by atoms with Crippen LogP contribution in [0.2, 0.25) is 0 Å². The van der Waals surface area contributed by atoms with Crippen molar-refractivity contribution in [2.75, 3.05) is 6.61 Å². The van der Waals surface area contributed by atoms with Crippen molar-refractivity contribution in [3.05, 3.63) is 64.1 Å². The molecular formula is C16H14BrN3O3. The van der Waals surface area contributed by atoms with E-state index in [-0.39, 0.29) is 12.5 Å². The summed E-state index contributed by atoms with van der Waals surface area (Å²) in [7, 11) is 0. The Bertz CT molecular complexity index is 730. The molecule has 2 rings (SSSR count). The number of nitrogens with two attached hydrogens (primary N) is 1. The minimum Gasteiger partial charge on any atom is -0.484 e. The lowest BCUT2D eigenvalue weighted by molar-refractivity contribution is -0.119. The Morgan fingerprint density at radius 2 is 1.96 bits per heavy atom. The summed E-state index contributed by atoms with van der Waals surface area (Å²) >= 11 is 3.30. The van der Waals surface area contributed by atoms with Crippen molar-refractivity contribution in [2.24, 2.45) is 10.8 Å². The largest absolute Gasteiger partial charge is 0.484 e. The van der Waals surface area contributed by atoms with E-state index in [9.17, 15) is 9.59 Å². The van der Waals surface area contributed by atoms with Crippen LogP contribution in [-0.4, -0.2) is 24.6 Å². The van der Waals surface area contributed by atoms with Crippen molar-refractivity contribution < 1.29 is 14.3 Å². The third-order valence-corrected chi connectivity index (χ3v) is 3.22. The van der Waals surface area contributed by atoms with Crippen molar-refractivity contribution in [3.63, 3.8) is 0 Å². The van der Waals surface area contributed by atoms with Gasteiger partial charge in [0.05, 0.1) is 6.21 Å². The third-order valence-electron chi connectivity index (χ3n) is 2.73. The maximum atomic E-state index is 11.9. The summed E-state index contributed by atoms with van der Waals surface area (Å²) in [5.74, 6) is -0.311. The molecule has 0 radical (unpaired) electrons. The van der Waals surface area contributed by atoms with Crippen molar-refractivity contribution in [2.45, 2.75) is 0 Å². The Kier molecular flexibility index (Phi) is 5.87. The number of nitrogens with one attached hydrogen (secondary N) is 1. The highest BCUT2D eigenvalue weighted by Crippen LogP contribution is 2.12. The summed E-state index contributed by atoms with van der Waals surface area (Å²) in [5.41, 5.74) is 8.72. The average molecular weight is 376 g/mol. The van der Waals surface area contributed by atoms with Gasteiger partial charge in [-0.15, -0.1) is 0 Å². The van der Waals surface area contributed by atoms with E-state index in [2.05, 4.69) is 26.5 Å². The fraction of sp³-hybridized carbons (Fsp3) is 0.0625. The number of rotatable bonds is 6. The summed E-state index contributed by atoms with van der Waals surface area (Å²) < 4.78 is 5.96. The first-order valence-corrected chi connectivity index (χ1v) is 7.44. The Hall–Kier alpha value is -2.67. The van der Waals surface area contributed by atoms with E-state index in [0.717, 1.165) is 10.0 Å². The van der Waals surface area contributed by atoms with Crippen LogP contribution in [0.3, 0.4) is 0 Å². The number of halogens is 1. The fourth-order valence-corrected chi connectivity index (χ4v) is 2.06. The van der Waals surface area contributed by atoms with Gasteiger partial charge in [0.2, 0.25) is 0 Å². The van der Waals surface area contributed by atoms with E-state index >= 15 is 0 Å². The summed E-state index contributed by atoms with van der Waals surface area (Å²) in [6.07, 6.45) is 1.51. The van der Waals surface area contributed by atoms with Crippen LogP contribution < -0.4 is 15.9 Å². The van der Waals surface area contributed by atoms with Crippen LogP contribution in [0.4, 0.5) is 0 Å². The normalized spacial score (nSPS) is 10.5. The maximum absolute atomic E-state index is 11.9. The molecule has 2 aromatic rings. The molecule has 23 heavy (non-hydrogen) atoms. The third kappa shape index (κ3) is 5.55. The Labute approximate surface area is 141 Å². The molecule has 0 saturated heterocycles. The van der Waals surface area contributed by atoms with E-state index < -0.39 is 5.91 Å². The van der Waals surface area contributed by atoms with Crippen LogP contribution in [-0.2, 0) is 4.79 Å². The zero-order chi connectivity index (χ0) is 16.7. The van der Waals surface area contributed by atoms with Gasteiger partial charge in [0.1, 0.15) is 5.75 Å². The number of benzene rings is 2. The Morgan fingerprint density at radius 3 is 2.61 bits per heavy atom. The number of amides is 2. The molecule has 3 N–H and O–H groups in total. The number of ether oxygens (including phenoxy) is 1. The minimum absolute atomic E-state index is 0.171. The standard InChI is InChI=1S/C16H14BrN3O3/c17-13-3-1-2-12(8-13)16(22)20-19-9-11-4-6-14(7-5-11)23-10-15(18)21/h1-9H,10H2,(H2,18,21)(H,20,22)/b19-9-. The predicted molar refractivity (Wildman–Crippen MR) is 90.3 cm³/mol. The topological polar surface area (TPSA) is 93.8 Å². The van der Waals surface area contributed by atoms with E-state index in [1.165, 1.54) is 6.21 Å². The molecule has 0 bridgehead atoms. The van der Waals surface area contributed by atoms with Crippen LogP contribution in [0.15, 0.2) is 58.1 Å². The fourth-order valence-electron chi connectivity index (χ4n) is 1.66. The predicted octanol–water partition coefficient (Wildman–Crippen LogP) is 2.08. The van der Waals surface area contributed by atoms with Gasteiger partial charge in [0.25, 0.3) is 11.8 Å². The zero-order valence-corrected chi connectivity index (χ0v) is 13.6. The summed E-state index contributed by atoms with van der Waals surface area (Å²) in [4.78, 5) is 22.5. The lowest BCUT2D eigenvalue weighted by Gasteiger charge is -2.03. The van der Waals surface area contributed by atoms with Crippen molar-refractivity contribution >= 4 is 34.0 Å². The number of primary amides is 1. The first-order chi connectivity index (χ1) is 11.0. The molecule has 6 nitrogen and oxygen atoms in total. The molecule has 0 aliphatic carbocycles. The Balaban J connectivity index is 1.90. The number of hydrogen-bond acceptors (Lipinski definition) is 4. The highest BCUT2D eigenvalue weighted by molar-refractivity contribution is 9.10. The second-order valence-corrected chi connectivity index (χ2v) is 5.45. The number of nitrogens with zero attached hydrogens (tertiary/aromatic N) is 1. The summed E-state index contributed by atoms with van der Waals surface area (Å²) in [5, 5.41) is 3.90. The van der Waals surface area contributed by atoms with Gasteiger partial charge in [-0.1, -0.05) is 22.0 Å². The second-order valence-electron chi connectivity index (χ2n) is 4.53. The lowest BCUT2D eigenvalue weighted by atomic mass is 10.2. The maximum Gasteiger partial charge on any atom is 0.271 e. The quantitative estimate of drug-likeness (QED) is 0.597. The van der Waals surface area contributed by atoms with Gasteiger partial charge in [-0.3, -0.25) is 9.59 Å². The average Bonchev–Trinajstić information content (AvgIpc) is 2.54. The van der Waals surface area contributed by atoms with Crippen LogP contribution >= 0.6 is 15.9 Å². The molecule has 0 atom stereocenters. The van der Waals surface area contributed by atoms with E-state index in [0.29, 0.717) is 11.3 Å². The van der Waals surface area contributed by atoms with Gasteiger partial charge in [0, 0.05) is 10.0 Å². The molecule has 0 heterocycles. The molecule has 2 amide bonds. The number of carbonyl (C=O) groups is 2. The van der Waals surface area contributed by atoms with Gasteiger partial charge in [-0.05, 0) is 48.0 Å². The smallest absolute Gasteiger partial charge is 0.271 e. The molecule has 2 aromatic carbocycles. The van der Waals surface area contributed by atoms with Gasteiger partial charge in [-0.25, -0.2) is 5.43 Å². The van der Waals surface area contributed by atoms with Crippen molar-refractivity contribution in [3.8, 4) is 5.75 Å². The van der Waals surface area contributed by atoms with E-state index in [1.807, 2.05) is 6.07 Å². The van der Waals surface area contributed by atoms with Crippen molar-refractivity contribution in [1.29, 1.82) is 0 Å². The van der Waals surface area contributed by atoms with Crippen LogP contribution in [0.5, 0.6) is 5.75 Å². The number of hydrazone groups is 1. The second kappa shape index (κ2) is 8.09. The molecule has 0 aliphatic rings. The lowest BCUT2D eigenvalue weighted by Crippen LogP contribution is -2.20. The van der Waals surface area contributed by atoms with Crippen LogP contribution in [0.1, 0.15) is 15.9 Å². The zero-order valence-electron chi connectivity index (χ0n) is 12.0. The van der Waals surface area contributed by atoms with Crippen molar-refractivity contribution in [1.82, 2.24) is 5.43 Å².